The number of benzene rings is 2. The van der Waals surface area contributed by atoms with Gasteiger partial charge in [-0.15, -0.1) is 0 Å². The van der Waals surface area contributed by atoms with Crippen LogP contribution in [0, 0.1) is 5.82 Å². The van der Waals surface area contributed by atoms with Crippen molar-refractivity contribution in [3.63, 3.8) is 0 Å². The maximum Gasteiger partial charge on any atom is 0.267 e. The third kappa shape index (κ3) is 3.24. The molecule has 4 nitrogen and oxygen atoms in total. The number of carbonyl (C=O) groups is 1. The number of aromatic nitrogens is 1. The molecule has 1 atom stereocenters. The second kappa shape index (κ2) is 5.85. The summed E-state index contributed by atoms with van der Waals surface area (Å²) in [4.78, 5) is 15.3. The van der Waals surface area contributed by atoms with Crippen molar-refractivity contribution >= 4 is 16.8 Å². The summed E-state index contributed by atoms with van der Waals surface area (Å²) in [6, 6.07) is 14.9. The van der Waals surface area contributed by atoms with Gasteiger partial charge in [0.15, 0.2) is 0 Å². The lowest BCUT2D eigenvalue weighted by Crippen LogP contribution is -2.38. The van der Waals surface area contributed by atoms with Gasteiger partial charge in [0.25, 0.3) is 5.91 Å². The fourth-order valence-corrected chi connectivity index (χ4v) is 2.45. The lowest BCUT2D eigenvalue weighted by atomic mass is 9.96. The lowest BCUT2D eigenvalue weighted by Gasteiger charge is -2.24. The number of halogens is 1. The molecule has 23 heavy (non-hydrogen) atoms. The Morgan fingerprint density at radius 3 is 2.61 bits per heavy atom. The Morgan fingerprint density at radius 1 is 1.22 bits per heavy atom. The Bertz CT molecular complexity index is 805. The number of amides is 1. The summed E-state index contributed by atoms with van der Waals surface area (Å²) in [5.41, 5.74) is 0.565. The Labute approximate surface area is 133 Å². The van der Waals surface area contributed by atoms with Crippen molar-refractivity contribution in [1.82, 2.24) is 10.3 Å². The van der Waals surface area contributed by atoms with Crippen LogP contribution in [0.4, 0.5) is 4.39 Å². The molecule has 0 aliphatic carbocycles. The molecule has 5 heteroatoms. The van der Waals surface area contributed by atoms with Crippen molar-refractivity contribution in [1.29, 1.82) is 0 Å². The summed E-state index contributed by atoms with van der Waals surface area (Å²) in [7, 11) is 0. The molecular weight excluding hydrogens is 295 g/mol. The number of hydrogen-bond acceptors (Lipinski definition) is 2. The van der Waals surface area contributed by atoms with Crippen LogP contribution >= 0.6 is 0 Å². The van der Waals surface area contributed by atoms with Crippen molar-refractivity contribution in [3.8, 4) is 0 Å². The van der Waals surface area contributed by atoms with Crippen molar-refractivity contribution in [2.75, 3.05) is 6.54 Å². The van der Waals surface area contributed by atoms with Crippen LogP contribution in [-0.4, -0.2) is 22.5 Å². The van der Waals surface area contributed by atoms with Crippen LogP contribution in [0.15, 0.2) is 54.6 Å². The Hall–Kier alpha value is -2.66. The summed E-state index contributed by atoms with van der Waals surface area (Å²) in [5, 5.41) is 14.1. The van der Waals surface area contributed by atoms with Gasteiger partial charge < -0.3 is 15.4 Å². The smallest absolute Gasteiger partial charge is 0.267 e. The summed E-state index contributed by atoms with van der Waals surface area (Å²) in [6.45, 7) is 1.60. The molecule has 3 N–H and O–H groups in total. The molecule has 1 amide bonds. The van der Waals surface area contributed by atoms with Gasteiger partial charge in [0.2, 0.25) is 0 Å². The molecule has 118 valence electrons. The summed E-state index contributed by atoms with van der Waals surface area (Å²) in [6.07, 6.45) is 0. The molecule has 0 fully saturated rings. The van der Waals surface area contributed by atoms with E-state index < -0.39 is 5.60 Å². The number of H-pyrrole nitrogens is 1. The van der Waals surface area contributed by atoms with Gasteiger partial charge in [0, 0.05) is 10.9 Å². The van der Waals surface area contributed by atoms with Gasteiger partial charge in [-0.25, -0.2) is 4.39 Å². The van der Waals surface area contributed by atoms with Crippen molar-refractivity contribution in [3.05, 3.63) is 71.7 Å². The topological polar surface area (TPSA) is 65.1 Å². The molecule has 0 aliphatic heterocycles. The molecule has 1 heterocycles. The van der Waals surface area contributed by atoms with Gasteiger partial charge in [-0.05, 0) is 36.8 Å². The van der Waals surface area contributed by atoms with Gasteiger partial charge in [0.1, 0.15) is 17.1 Å². The summed E-state index contributed by atoms with van der Waals surface area (Å²) in [5.74, 6) is -0.671. The Morgan fingerprint density at radius 2 is 1.91 bits per heavy atom. The number of carbonyl (C=O) groups excluding carboxylic acids is 1. The predicted octanol–water partition coefficient (Wildman–Crippen LogP) is 2.94. The molecule has 3 rings (SSSR count). The third-order valence-corrected chi connectivity index (χ3v) is 3.83. The van der Waals surface area contributed by atoms with Crippen molar-refractivity contribution in [2.45, 2.75) is 12.5 Å². The second-order valence-corrected chi connectivity index (χ2v) is 5.73. The monoisotopic (exact) mass is 312 g/mol. The third-order valence-electron chi connectivity index (χ3n) is 3.83. The van der Waals surface area contributed by atoms with E-state index in [0.717, 1.165) is 10.9 Å². The minimum Gasteiger partial charge on any atom is -0.384 e. The lowest BCUT2D eigenvalue weighted by molar-refractivity contribution is 0.0524. The molecule has 3 aromatic rings. The van der Waals surface area contributed by atoms with Crippen LogP contribution in [0.25, 0.3) is 10.9 Å². The van der Waals surface area contributed by atoms with Crippen LogP contribution in [0.5, 0.6) is 0 Å². The van der Waals surface area contributed by atoms with Gasteiger partial charge in [0.05, 0.1) is 6.54 Å². The minimum absolute atomic E-state index is 0.0207. The average Bonchev–Trinajstić information content (AvgIpc) is 2.97. The predicted molar refractivity (Wildman–Crippen MR) is 86.6 cm³/mol. The van der Waals surface area contributed by atoms with Crippen LogP contribution in [-0.2, 0) is 5.60 Å². The molecule has 2 aromatic carbocycles. The van der Waals surface area contributed by atoms with Gasteiger partial charge in [-0.2, -0.15) is 0 Å². The first-order valence-electron chi connectivity index (χ1n) is 7.30. The van der Waals surface area contributed by atoms with E-state index in [-0.39, 0.29) is 18.3 Å². The second-order valence-electron chi connectivity index (χ2n) is 5.73. The molecule has 0 radical (unpaired) electrons. The number of aromatic amines is 1. The fraction of sp³-hybridized carbons (Fsp3) is 0.167. The first-order chi connectivity index (χ1) is 11.0. The molecule has 0 bridgehead atoms. The first kappa shape index (κ1) is 15.2. The van der Waals surface area contributed by atoms with E-state index in [2.05, 4.69) is 10.3 Å². The summed E-state index contributed by atoms with van der Waals surface area (Å²) >= 11 is 0. The van der Waals surface area contributed by atoms with Crippen molar-refractivity contribution in [2.24, 2.45) is 0 Å². The maximum absolute atomic E-state index is 13.0. The highest BCUT2D eigenvalue weighted by atomic mass is 19.1. The molecule has 0 saturated carbocycles. The largest absolute Gasteiger partial charge is 0.384 e. The maximum atomic E-state index is 13.0. The van der Waals surface area contributed by atoms with Gasteiger partial charge >= 0.3 is 0 Å². The normalized spacial score (nSPS) is 13.7. The number of fused-ring (bicyclic) bond motifs is 1. The number of aliphatic hydroxyl groups is 1. The van der Waals surface area contributed by atoms with Crippen LogP contribution in [0.1, 0.15) is 23.0 Å². The number of rotatable bonds is 4. The standard InChI is InChI=1S/C18H17FN2O2/c1-18(23,13-6-8-14(19)9-7-13)11-20-17(22)16-10-12-4-2-3-5-15(12)21-16/h2-10,21,23H,11H2,1H3,(H,20,22). The van der Waals surface area contributed by atoms with Crippen LogP contribution < -0.4 is 5.32 Å². The highest BCUT2D eigenvalue weighted by molar-refractivity contribution is 5.98. The van der Waals surface area contributed by atoms with E-state index in [0.29, 0.717) is 11.3 Å². The van der Waals surface area contributed by atoms with Crippen LogP contribution in [0.3, 0.4) is 0 Å². The zero-order valence-corrected chi connectivity index (χ0v) is 12.6. The SMILES string of the molecule is CC(O)(CNC(=O)c1cc2ccccc2[nH]1)c1ccc(F)cc1. The molecule has 0 aliphatic rings. The number of nitrogens with one attached hydrogen (secondary N) is 2. The number of hydrogen-bond donors (Lipinski definition) is 3. The zero-order valence-electron chi connectivity index (χ0n) is 12.6. The zero-order chi connectivity index (χ0) is 16.4. The van der Waals surface area contributed by atoms with Gasteiger partial charge in [-0.1, -0.05) is 30.3 Å². The van der Waals surface area contributed by atoms with E-state index in [1.165, 1.54) is 24.3 Å². The molecule has 1 aromatic heterocycles. The Balaban J connectivity index is 1.71. The van der Waals surface area contributed by atoms with E-state index in [4.69, 9.17) is 0 Å². The molecule has 0 saturated heterocycles. The van der Waals surface area contributed by atoms with Gasteiger partial charge in [-0.3, -0.25) is 4.79 Å². The van der Waals surface area contributed by atoms with E-state index in [9.17, 15) is 14.3 Å². The molecule has 1 unspecified atom stereocenters. The highest BCUT2D eigenvalue weighted by Crippen LogP contribution is 2.20. The number of para-hydroxylation sites is 1. The van der Waals surface area contributed by atoms with E-state index in [1.807, 2.05) is 24.3 Å². The van der Waals surface area contributed by atoms with E-state index >= 15 is 0 Å². The first-order valence-corrected chi connectivity index (χ1v) is 7.30. The van der Waals surface area contributed by atoms with Crippen molar-refractivity contribution < 1.29 is 14.3 Å². The molecular formula is C18H17FN2O2. The average molecular weight is 312 g/mol. The highest BCUT2D eigenvalue weighted by Gasteiger charge is 2.24. The minimum atomic E-state index is -1.28. The van der Waals surface area contributed by atoms with Crippen LogP contribution in [0.2, 0.25) is 0 Å². The summed E-state index contributed by atoms with van der Waals surface area (Å²) < 4.78 is 13.0. The fourth-order valence-electron chi connectivity index (χ4n) is 2.45. The molecule has 0 spiro atoms. The quantitative estimate of drug-likeness (QED) is 0.693. The Kier molecular flexibility index (Phi) is 3.88. The van der Waals surface area contributed by atoms with E-state index in [1.54, 1.807) is 13.0 Å².